The van der Waals surface area contributed by atoms with E-state index in [0.717, 1.165) is 19.6 Å². The first-order chi connectivity index (χ1) is 7.66. The van der Waals surface area contributed by atoms with Crippen LogP contribution in [0.4, 0.5) is 0 Å². The highest BCUT2D eigenvalue weighted by Crippen LogP contribution is 2.21. The molecule has 4 nitrogen and oxygen atoms in total. The van der Waals surface area contributed by atoms with Crippen molar-refractivity contribution in [1.29, 1.82) is 0 Å². The van der Waals surface area contributed by atoms with Gasteiger partial charge in [-0.15, -0.1) is 0 Å². The molecule has 0 saturated carbocycles. The first-order valence-corrected chi connectivity index (χ1v) is 6.41. The standard InChI is InChI=1S/C12H24N2O2/c1-12(2)15-9-11(16-12)8-14-10-4-3-6-13-7-5-10/h10-11,13-14H,3-9H2,1-2H3. The first kappa shape index (κ1) is 12.3. The minimum absolute atomic E-state index is 0.214. The summed E-state index contributed by atoms with van der Waals surface area (Å²) in [6.45, 7) is 7.86. The highest BCUT2D eigenvalue weighted by atomic mass is 16.7. The molecule has 2 saturated heterocycles. The lowest BCUT2D eigenvalue weighted by molar-refractivity contribution is -0.137. The largest absolute Gasteiger partial charge is 0.348 e. The second kappa shape index (κ2) is 5.45. The van der Waals surface area contributed by atoms with Gasteiger partial charge in [0, 0.05) is 12.6 Å². The Balaban J connectivity index is 1.67. The van der Waals surface area contributed by atoms with Gasteiger partial charge in [-0.3, -0.25) is 0 Å². The Morgan fingerprint density at radius 1 is 1.31 bits per heavy atom. The third-order valence-electron chi connectivity index (χ3n) is 3.28. The van der Waals surface area contributed by atoms with Gasteiger partial charge in [0.25, 0.3) is 0 Å². The number of rotatable bonds is 3. The lowest BCUT2D eigenvalue weighted by atomic mass is 10.1. The summed E-state index contributed by atoms with van der Waals surface area (Å²) >= 11 is 0. The van der Waals surface area contributed by atoms with E-state index in [9.17, 15) is 0 Å². The van der Waals surface area contributed by atoms with Gasteiger partial charge < -0.3 is 20.1 Å². The Hall–Kier alpha value is -0.160. The van der Waals surface area contributed by atoms with Crippen LogP contribution in [0.1, 0.15) is 33.1 Å². The van der Waals surface area contributed by atoms with E-state index < -0.39 is 5.79 Å². The van der Waals surface area contributed by atoms with Crippen LogP contribution in [0, 0.1) is 0 Å². The minimum Gasteiger partial charge on any atom is -0.348 e. The fourth-order valence-electron chi connectivity index (χ4n) is 2.38. The maximum atomic E-state index is 5.77. The molecule has 0 amide bonds. The molecule has 16 heavy (non-hydrogen) atoms. The van der Waals surface area contributed by atoms with Crippen molar-refractivity contribution in [3.05, 3.63) is 0 Å². The predicted molar refractivity (Wildman–Crippen MR) is 63.4 cm³/mol. The van der Waals surface area contributed by atoms with Gasteiger partial charge in [0.15, 0.2) is 5.79 Å². The van der Waals surface area contributed by atoms with Crippen LogP contribution in [0.15, 0.2) is 0 Å². The van der Waals surface area contributed by atoms with Crippen LogP contribution >= 0.6 is 0 Å². The fraction of sp³-hybridized carbons (Fsp3) is 1.00. The zero-order chi connectivity index (χ0) is 11.4. The molecule has 2 fully saturated rings. The molecule has 2 rings (SSSR count). The van der Waals surface area contributed by atoms with E-state index in [4.69, 9.17) is 9.47 Å². The molecule has 2 atom stereocenters. The van der Waals surface area contributed by atoms with Crippen LogP contribution in [0.2, 0.25) is 0 Å². The summed E-state index contributed by atoms with van der Waals surface area (Å²) in [4.78, 5) is 0. The van der Waals surface area contributed by atoms with E-state index in [1.54, 1.807) is 0 Å². The Morgan fingerprint density at radius 2 is 2.19 bits per heavy atom. The van der Waals surface area contributed by atoms with Crippen molar-refractivity contribution in [3.63, 3.8) is 0 Å². The van der Waals surface area contributed by atoms with E-state index >= 15 is 0 Å². The molecule has 0 radical (unpaired) electrons. The van der Waals surface area contributed by atoms with Gasteiger partial charge in [-0.1, -0.05) is 0 Å². The van der Waals surface area contributed by atoms with Crippen LogP contribution in [-0.4, -0.2) is 44.2 Å². The Kier molecular flexibility index (Phi) is 4.19. The maximum absolute atomic E-state index is 5.77. The molecule has 0 aliphatic carbocycles. The van der Waals surface area contributed by atoms with Crippen LogP contribution in [0.25, 0.3) is 0 Å². The molecule has 0 spiro atoms. The van der Waals surface area contributed by atoms with Gasteiger partial charge in [-0.25, -0.2) is 0 Å². The maximum Gasteiger partial charge on any atom is 0.163 e. The van der Waals surface area contributed by atoms with E-state index in [1.165, 1.54) is 19.3 Å². The van der Waals surface area contributed by atoms with Crippen molar-refractivity contribution >= 4 is 0 Å². The van der Waals surface area contributed by atoms with Gasteiger partial charge >= 0.3 is 0 Å². The SMILES string of the molecule is CC1(C)OCC(CNC2CCCNCC2)O1. The minimum atomic E-state index is -0.392. The average molecular weight is 228 g/mol. The van der Waals surface area contributed by atoms with Crippen molar-refractivity contribution in [3.8, 4) is 0 Å². The van der Waals surface area contributed by atoms with E-state index in [2.05, 4.69) is 10.6 Å². The van der Waals surface area contributed by atoms with E-state index in [-0.39, 0.29) is 6.10 Å². The lowest BCUT2D eigenvalue weighted by Gasteiger charge is -2.20. The van der Waals surface area contributed by atoms with Gasteiger partial charge in [0.05, 0.1) is 12.7 Å². The molecule has 4 heteroatoms. The van der Waals surface area contributed by atoms with Gasteiger partial charge in [-0.05, 0) is 46.2 Å². The van der Waals surface area contributed by atoms with Crippen LogP contribution in [-0.2, 0) is 9.47 Å². The number of hydrogen-bond donors (Lipinski definition) is 2. The average Bonchev–Trinajstić information content (AvgIpc) is 2.47. The molecule has 0 bridgehead atoms. The molecule has 0 aromatic carbocycles. The smallest absolute Gasteiger partial charge is 0.163 e. The molecule has 0 aromatic heterocycles. The molecular formula is C12H24N2O2. The van der Waals surface area contributed by atoms with Crippen molar-refractivity contribution in [1.82, 2.24) is 10.6 Å². The predicted octanol–water partition coefficient (Wildman–Crippen LogP) is 0.870. The summed E-state index contributed by atoms with van der Waals surface area (Å²) in [6.07, 6.45) is 3.97. The summed E-state index contributed by atoms with van der Waals surface area (Å²) in [5.41, 5.74) is 0. The van der Waals surface area contributed by atoms with Crippen molar-refractivity contribution < 1.29 is 9.47 Å². The topological polar surface area (TPSA) is 42.5 Å². The first-order valence-electron chi connectivity index (χ1n) is 6.41. The number of ether oxygens (including phenoxy) is 2. The molecule has 2 heterocycles. The second-order valence-electron chi connectivity index (χ2n) is 5.24. The van der Waals surface area contributed by atoms with Crippen LogP contribution in [0.3, 0.4) is 0 Å². The summed E-state index contributed by atoms with van der Waals surface area (Å²) < 4.78 is 11.3. The molecule has 2 aliphatic heterocycles. The Morgan fingerprint density at radius 3 is 2.94 bits per heavy atom. The fourth-order valence-corrected chi connectivity index (χ4v) is 2.38. The second-order valence-corrected chi connectivity index (χ2v) is 5.24. The summed E-state index contributed by atoms with van der Waals surface area (Å²) in [7, 11) is 0. The monoisotopic (exact) mass is 228 g/mol. The summed E-state index contributed by atoms with van der Waals surface area (Å²) in [5, 5.41) is 7.02. The van der Waals surface area contributed by atoms with E-state index in [0.29, 0.717) is 12.6 Å². The normalized spacial score (nSPS) is 34.9. The van der Waals surface area contributed by atoms with Crippen molar-refractivity contribution in [2.24, 2.45) is 0 Å². The quantitative estimate of drug-likeness (QED) is 0.752. The van der Waals surface area contributed by atoms with Gasteiger partial charge in [0.2, 0.25) is 0 Å². The Labute approximate surface area is 98.1 Å². The third-order valence-corrected chi connectivity index (χ3v) is 3.28. The molecular weight excluding hydrogens is 204 g/mol. The molecule has 2 N–H and O–H groups in total. The molecule has 0 aromatic rings. The van der Waals surface area contributed by atoms with Crippen molar-refractivity contribution in [2.75, 3.05) is 26.2 Å². The molecule has 2 aliphatic rings. The van der Waals surface area contributed by atoms with Crippen LogP contribution in [0.5, 0.6) is 0 Å². The summed E-state index contributed by atoms with van der Waals surface area (Å²) in [5.74, 6) is -0.392. The third kappa shape index (κ3) is 3.70. The van der Waals surface area contributed by atoms with Gasteiger partial charge in [-0.2, -0.15) is 0 Å². The highest BCUT2D eigenvalue weighted by Gasteiger charge is 2.32. The zero-order valence-corrected chi connectivity index (χ0v) is 10.4. The zero-order valence-electron chi connectivity index (χ0n) is 10.4. The van der Waals surface area contributed by atoms with Crippen molar-refractivity contribution in [2.45, 2.75) is 51.0 Å². The van der Waals surface area contributed by atoms with E-state index in [1.807, 2.05) is 13.8 Å². The highest BCUT2D eigenvalue weighted by molar-refractivity contribution is 4.77. The lowest BCUT2D eigenvalue weighted by Crippen LogP contribution is -2.37. The summed E-state index contributed by atoms with van der Waals surface area (Å²) in [6, 6.07) is 0.641. The van der Waals surface area contributed by atoms with Gasteiger partial charge in [0.1, 0.15) is 0 Å². The Bertz CT molecular complexity index is 208. The molecule has 94 valence electrons. The number of nitrogens with one attached hydrogen (secondary N) is 2. The molecule has 2 unspecified atom stereocenters. The van der Waals surface area contributed by atoms with Crippen LogP contribution < -0.4 is 10.6 Å². The number of hydrogen-bond acceptors (Lipinski definition) is 4.